The van der Waals surface area contributed by atoms with Crippen molar-refractivity contribution in [2.45, 2.75) is 27.2 Å². The maximum absolute atomic E-state index is 6.22. The molecule has 0 atom stereocenters. The number of benzene rings is 1. The molecule has 90 valence electrons. The van der Waals surface area contributed by atoms with Crippen molar-refractivity contribution < 1.29 is 4.74 Å². The van der Waals surface area contributed by atoms with Crippen LogP contribution in [0.3, 0.4) is 0 Å². The first-order valence-electron chi connectivity index (χ1n) is 5.82. The Hall–Kier alpha value is -1.77. The summed E-state index contributed by atoms with van der Waals surface area (Å²) >= 11 is 0. The number of nitrogens with two attached hydrogens (primary N) is 1. The Kier molecular flexibility index (Phi) is 2.92. The van der Waals surface area contributed by atoms with E-state index < -0.39 is 0 Å². The largest absolute Gasteiger partial charge is 0.496 e. The first kappa shape index (κ1) is 11.7. The zero-order valence-electron chi connectivity index (χ0n) is 10.8. The Morgan fingerprint density at radius 3 is 2.59 bits per heavy atom. The number of pyridine rings is 1. The van der Waals surface area contributed by atoms with Crippen molar-refractivity contribution in [1.29, 1.82) is 0 Å². The van der Waals surface area contributed by atoms with E-state index in [1.54, 1.807) is 7.11 Å². The van der Waals surface area contributed by atoms with Gasteiger partial charge in [-0.3, -0.25) is 4.98 Å². The molecule has 0 aliphatic heterocycles. The van der Waals surface area contributed by atoms with Crippen molar-refractivity contribution >= 4 is 16.6 Å². The van der Waals surface area contributed by atoms with Gasteiger partial charge in [-0.2, -0.15) is 0 Å². The van der Waals surface area contributed by atoms with Crippen LogP contribution in [-0.4, -0.2) is 12.1 Å². The molecule has 1 heterocycles. The monoisotopic (exact) mass is 230 g/mol. The average Bonchev–Trinajstić information content (AvgIpc) is 2.34. The van der Waals surface area contributed by atoms with Gasteiger partial charge in [0.2, 0.25) is 0 Å². The highest BCUT2D eigenvalue weighted by Crippen LogP contribution is 2.34. The molecule has 0 spiro atoms. The van der Waals surface area contributed by atoms with Crippen LogP contribution in [0.5, 0.6) is 5.75 Å². The molecule has 0 unspecified atom stereocenters. The normalized spacial score (nSPS) is 10.8. The quantitative estimate of drug-likeness (QED) is 0.862. The molecule has 2 aromatic rings. The fourth-order valence-corrected chi connectivity index (χ4v) is 2.16. The van der Waals surface area contributed by atoms with Crippen molar-refractivity contribution in [3.63, 3.8) is 0 Å². The molecule has 2 N–H and O–H groups in total. The van der Waals surface area contributed by atoms with Gasteiger partial charge in [-0.25, -0.2) is 0 Å². The van der Waals surface area contributed by atoms with E-state index in [1.807, 2.05) is 26.0 Å². The van der Waals surface area contributed by atoms with Crippen LogP contribution >= 0.6 is 0 Å². The van der Waals surface area contributed by atoms with E-state index in [2.05, 4.69) is 6.92 Å². The third kappa shape index (κ3) is 1.71. The third-order valence-electron chi connectivity index (χ3n) is 3.25. The van der Waals surface area contributed by atoms with Gasteiger partial charge in [-0.05, 0) is 37.5 Å². The molecule has 0 bridgehead atoms. The minimum absolute atomic E-state index is 0.785. The molecule has 0 saturated heterocycles. The number of rotatable bonds is 2. The fourth-order valence-electron chi connectivity index (χ4n) is 2.16. The molecule has 1 aromatic heterocycles. The molecule has 2 rings (SSSR count). The van der Waals surface area contributed by atoms with Crippen molar-refractivity contribution in [1.82, 2.24) is 4.98 Å². The molecule has 0 fully saturated rings. The number of hydrogen-bond acceptors (Lipinski definition) is 3. The number of aromatic nitrogens is 1. The van der Waals surface area contributed by atoms with Crippen LogP contribution < -0.4 is 10.5 Å². The molecular weight excluding hydrogens is 212 g/mol. The first-order chi connectivity index (χ1) is 8.10. The van der Waals surface area contributed by atoms with E-state index in [0.29, 0.717) is 0 Å². The smallest absolute Gasteiger partial charge is 0.130 e. The number of ether oxygens (including phenoxy) is 1. The molecule has 3 nitrogen and oxygen atoms in total. The zero-order valence-corrected chi connectivity index (χ0v) is 10.8. The van der Waals surface area contributed by atoms with E-state index in [-0.39, 0.29) is 0 Å². The van der Waals surface area contributed by atoms with E-state index in [0.717, 1.165) is 45.6 Å². The Balaban J connectivity index is 2.94. The van der Waals surface area contributed by atoms with Crippen molar-refractivity contribution in [2.24, 2.45) is 0 Å². The minimum Gasteiger partial charge on any atom is -0.496 e. The van der Waals surface area contributed by atoms with Gasteiger partial charge in [0.25, 0.3) is 0 Å². The number of fused-ring (bicyclic) bond motifs is 1. The van der Waals surface area contributed by atoms with Gasteiger partial charge >= 0.3 is 0 Å². The number of hydrogen-bond donors (Lipinski definition) is 1. The maximum Gasteiger partial charge on any atom is 0.130 e. The SMILES string of the molecule is CCc1nc2c(C)ccc(OC)c2c(N)c1C. The Morgan fingerprint density at radius 2 is 2.00 bits per heavy atom. The van der Waals surface area contributed by atoms with Gasteiger partial charge < -0.3 is 10.5 Å². The predicted octanol–water partition coefficient (Wildman–Crippen LogP) is 3.00. The van der Waals surface area contributed by atoms with Crippen molar-refractivity contribution in [3.05, 3.63) is 29.0 Å². The van der Waals surface area contributed by atoms with E-state index in [1.165, 1.54) is 0 Å². The second-order valence-electron chi connectivity index (χ2n) is 4.26. The highest BCUT2D eigenvalue weighted by Gasteiger charge is 2.13. The summed E-state index contributed by atoms with van der Waals surface area (Å²) in [6.07, 6.45) is 0.891. The molecule has 0 saturated carbocycles. The highest BCUT2D eigenvalue weighted by molar-refractivity contribution is 5.98. The van der Waals surface area contributed by atoms with Crippen LogP contribution in [0.2, 0.25) is 0 Å². The molecule has 17 heavy (non-hydrogen) atoms. The average molecular weight is 230 g/mol. The lowest BCUT2D eigenvalue weighted by Crippen LogP contribution is -2.02. The molecule has 0 radical (unpaired) electrons. The molecule has 0 amide bonds. The Morgan fingerprint density at radius 1 is 1.29 bits per heavy atom. The summed E-state index contributed by atoms with van der Waals surface area (Å²) in [5.41, 5.74) is 11.2. The maximum atomic E-state index is 6.22. The van der Waals surface area contributed by atoms with E-state index in [9.17, 15) is 0 Å². The summed E-state index contributed by atoms with van der Waals surface area (Å²) in [4.78, 5) is 4.70. The van der Waals surface area contributed by atoms with Crippen LogP contribution in [0.4, 0.5) is 5.69 Å². The first-order valence-corrected chi connectivity index (χ1v) is 5.82. The molecule has 3 heteroatoms. The molecule has 0 aliphatic carbocycles. The third-order valence-corrected chi connectivity index (χ3v) is 3.25. The van der Waals surface area contributed by atoms with Gasteiger partial charge in [0, 0.05) is 11.4 Å². The number of nitrogen functional groups attached to an aromatic ring is 1. The number of anilines is 1. The van der Waals surface area contributed by atoms with Crippen LogP contribution in [-0.2, 0) is 6.42 Å². The summed E-state index contributed by atoms with van der Waals surface area (Å²) in [5, 5.41) is 0.933. The van der Waals surface area contributed by atoms with Gasteiger partial charge in [-0.1, -0.05) is 13.0 Å². The molecule has 0 aliphatic rings. The van der Waals surface area contributed by atoms with Crippen LogP contribution in [0, 0.1) is 13.8 Å². The van der Waals surface area contributed by atoms with Gasteiger partial charge in [0.05, 0.1) is 18.0 Å². The van der Waals surface area contributed by atoms with E-state index >= 15 is 0 Å². The van der Waals surface area contributed by atoms with Crippen molar-refractivity contribution in [3.8, 4) is 5.75 Å². The fraction of sp³-hybridized carbons (Fsp3) is 0.357. The number of aryl methyl sites for hydroxylation is 2. The standard InChI is InChI=1S/C14H18N2O/c1-5-10-9(3)13(15)12-11(17-4)7-6-8(2)14(12)16-10/h6-7H,5H2,1-4H3,(H2,15,16). The summed E-state index contributed by atoms with van der Waals surface area (Å²) in [5.74, 6) is 0.793. The van der Waals surface area contributed by atoms with Crippen LogP contribution in [0.1, 0.15) is 23.7 Å². The van der Waals surface area contributed by atoms with Gasteiger partial charge in [0.15, 0.2) is 0 Å². The lowest BCUT2D eigenvalue weighted by molar-refractivity contribution is 0.420. The lowest BCUT2D eigenvalue weighted by atomic mass is 10.0. The highest BCUT2D eigenvalue weighted by atomic mass is 16.5. The van der Waals surface area contributed by atoms with Gasteiger partial charge in [-0.15, -0.1) is 0 Å². The lowest BCUT2D eigenvalue weighted by Gasteiger charge is -2.14. The van der Waals surface area contributed by atoms with Crippen molar-refractivity contribution in [2.75, 3.05) is 12.8 Å². The summed E-state index contributed by atoms with van der Waals surface area (Å²) in [6.45, 7) is 6.15. The summed E-state index contributed by atoms with van der Waals surface area (Å²) < 4.78 is 5.37. The minimum atomic E-state index is 0.785. The van der Waals surface area contributed by atoms with E-state index in [4.69, 9.17) is 15.5 Å². The summed E-state index contributed by atoms with van der Waals surface area (Å²) in [7, 11) is 1.66. The van der Waals surface area contributed by atoms with Crippen LogP contribution in [0.25, 0.3) is 10.9 Å². The Bertz CT molecular complexity index is 576. The van der Waals surface area contributed by atoms with Gasteiger partial charge in [0.1, 0.15) is 5.75 Å². The number of methoxy groups -OCH3 is 1. The topological polar surface area (TPSA) is 48.1 Å². The molecule has 1 aromatic carbocycles. The van der Waals surface area contributed by atoms with Crippen LogP contribution in [0.15, 0.2) is 12.1 Å². The summed E-state index contributed by atoms with van der Waals surface area (Å²) in [6, 6.07) is 3.96. The Labute approximate surface area is 102 Å². The predicted molar refractivity (Wildman–Crippen MR) is 71.6 cm³/mol. The second kappa shape index (κ2) is 4.24. The number of nitrogens with zero attached hydrogens (tertiary/aromatic N) is 1. The second-order valence-corrected chi connectivity index (χ2v) is 4.26. The zero-order chi connectivity index (χ0) is 12.6. The molecular formula is C14H18N2O.